The predicted octanol–water partition coefficient (Wildman–Crippen LogP) is 3.93. The lowest BCUT2D eigenvalue weighted by Crippen LogP contribution is -1.98. The van der Waals surface area contributed by atoms with Crippen LogP contribution in [-0.4, -0.2) is 32.0 Å². The van der Waals surface area contributed by atoms with Gasteiger partial charge >= 0.3 is 0 Å². The molecule has 27 heavy (non-hydrogen) atoms. The van der Waals surface area contributed by atoms with Crippen molar-refractivity contribution in [3.05, 3.63) is 66.3 Å². The summed E-state index contributed by atoms with van der Waals surface area (Å²) >= 11 is 1.50. The minimum atomic E-state index is 0.508. The molecule has 0 fully saturated rings. The van der Waals surface area contributed by atoms with Crippen molar-refractivity contribution in [1.82, 2.24) is 24.9 Å². The van der Waals surface area contributed by atoms with Gasteiger partial charge in [0.1, 0.15) is 11.6 Å². The number of thioether (sulfide) groups is 1. The zero-order valence-corrected chi connectivity index (χ0v) is 15.7. The molecule has 0 amide bonds. The van der Waals surface area contributed by atoms with E-state index in [0.29, 0.717) is 17.5 Å². The van der Waals surface area contributed by atoms with Crippen LogP contribution in [0.5, 0.6) is 5.75 Å². The Bertz CT molecular complexity index is 1030. The van der Waals surface area contributed by atoms with Crippen LogP contribution in [0, 0.1) is 6.92 Å². The summed E-state index contributed by atoms with van der Waals surface area (Å²) in [7, 11) is 1.63. The maximum absolute atomic E-state index is 5.38. The SMILES string of the molecule is COc1ccc(-c2noc(CSc3nnc(C)n3-c3ccccc3)n2)cc1. The Kier molecular flexibility index (Phi) is 4.88. The van der Waals surface area contributed by atoms with Gasteiger partial charge in [-0.15, -0.1) is 10.2 Å². The molecular formula is C19H17N5O2S. The zero-order chi connectivity index (χ0) is 18.6. The first kappa shape index (κ1) is 17.3. The van der Waals surface area contributed by atoms with Crippen LogP contribution in [0.3, 0.4) is 0 Å². The molecule has 0 aliphatic carbocycles. The Hall–Kier alpha value is -3.13. The van der Waals surface area contributed by atoms with Crippen LogP contribution >= 0.6 is 11.8 Å². The summed E-state index contributed by atoms with van der Waals surface area (Å²) in [6, 6.07) is 17.5. The molecule has 0 radical (unpaired) electrons. The molecule has 0 spiro atoms. The molecule has 0 bridgehead atoms. The number of aryl methyl sites for hydroxylation is 1. The highest BCUT2D eigenvalue weighted by Gasteiger charge is 2.14. The summed E-state index contributed by atoms with van der Waals surface area (Å²) in [6.45, 7) is 1.93. The van der Waals surface area contributed by atoms with Gasteiger partial charge in [0.05, 0.1) is 12.9 Å². The molecule has 4 rings (SSSR count). The third-order valence-corrected chi connectivity index (χ3v) is 4.86. The third kappa shape index (κ3) is 3.70. The van der Waals surface area contributed by atoms with Gasteiger partial charge in [0, 0.05) is 11.3 Å². The Labute approximate surface area is 160 Å². The maximum Gasteiger partial charge on any atom is 0.237 e. The van der Waals surface area contributed by atoms with E-state index in [0.717, 1.165) is 28.0 Å². The summed E-state index contributed by atoms with van der Waals surface area (Å²) in [5, 5.41) is 13.3. The Morgan fingerprint density at radius 2 is 1.81 bits per heavy atom. The van der Waals surface area contributed by atoms with Crippen molar-refractivity contribution >= 4 is 11.8 Å². The van der Waals surface area contributed by atoms with Gasteiger partial charge in [0.2, 0.25) is 11.7 Å². The molecule has 2 heterocycles. The molecule has 0 aliphatic heterocycles. The van der Waals surface area contributed by atoms with Crippen LogP contribution in [-0.2, 0) is 5.75 Å². The summed E-state index contributed by atoms with van der Waals surface area (Å²) < 4.78 is 12.5. The third-order valence-electron chi connectivity index (χ3n) is 3.95. The molecule has 2 aromatic carbocycles. The monoisotopic (exact) mass is 379 g/mol. The largest absolute Gasteiger partial charge is 0.497 e. The van der Waals surface area contributed by atoms with Crippen LogP contribution in [0.1, 0.15) is 11.7 Å². The minimum Gasteiger partial charge on any atom is -0.497 e. The Balaban J connectivity index is 1.50. The van der Waals surface area contributed by atoms with Crippen molar-refractivity contribution in [3.8, 4) is 22.8 Å². The lowest BCUT2D eigenvalue weighted by molar-refractivity contribution is 0.391. The van der Waals surface area contributed by atoms with Crippen LogP contribution in [0.2, 0.25) is 0 Å². The van der Waals surface area contributed by atoms with Gasteiger partial charge in [0.15, 0.2) is 5.16 Å². The summed E-state index contributed by atoms with van der Waals surface area (Å²) in [6.07, 6.45) is 0. The summed E-state index contributed by atoms with van der Waals surface area (Å²) in [5.74, 6) is 3.20. The van der Waals surface area contributed by atoms with Gasteiger partial charge in [0.25, 0.3) is 0 Å². The van der Waals surface area contributed by atoms with Crippen LogP contribution in [0.15, 0.2) is 64.3 Å². The molecule has 4 aromatic rings. The lowest BCUT2D eigenvalue weighted by Gasteiger charge is -2.06. The first-order chi connectivity index (χ1) is 13.2. The van der Waals surface area contributed by atoms with E-state index in [4.69, 9.17) is 9.26 Å². The molecule has 0 unspecified atom stereocenters. The van der Waals surface area contributed by atoms with Gasteiger partial charge < -0.3 is 9.26 Å². The van der Waals surface area contributed by atoms with E-state index in [1.165, 1.54) is 11.8 Å². The Morgan fingerprint density at radius 1 is 1.04 bits per heavy atom. The molecule has 0 saturated carbocycles. The fraction of sp³-hybridized carbons (Fsp3) is 0.158. The van der Waals surface area contributed by atoms with Crippen molar-refractivity contribution in [1.29, 1.82) is 0 Å². The molecule has 0 atom stereocenters. The van der Waals surface area contributed by atoms with Gasteiger partial charge in [-0.05, 0) is 43.3 Å². The van der Waals surface area contributed by atoms with E-state index in [1.54, 1.807) is 7.11 Å². The quantitative estimate of drug-likeness (QED) is 0.470. The second-order valence-electron chi connectivity index (χ2n) is 5.73. The highest BCUT2D eigenvalue weighted by molar-refractivity contribution is 7.98. The van der Waals surface area contributed by atoms with Crippen LogP contribution in [0.25, 0.3) is 17.1 Å². The number of benzene rings is 2. The topological polar surface area (TPSA) is 78.9 Å². The molecule has 2 aromatic heterocycles. The van der Waals surface area contributed by atoms with E-state index >= 15 is 0 Å². The van der Waals surface area contributed by atoms with Gasteiger partial charge in [-0.3, -0.25) is 4.57 Å². The molecule has 8 heteroatoms. The van der Waals surface area contributed by atoms with Crippen LogP contribution in [0.4, 0.5) is 0 Å². The number of hydrogen-bond donors (Lipinski definition) is 0. The first-order valence-electron chi connectivity index (χ1n) is 8.32. The van der Waals surface area contributed by atoms with Gasteiger partial charge in [-0.25, -0.2) is 0 Å². The predicted molar refractivity (Wildman–Crippen MR) is 102 cm³/mol. The van der Waals surface area contributed by atoms with E-state index in [2.05, 4.69) is 20.3 Å². The van der Waals surface area contributed by atoms with Gasteiger partial charge in [-0.2, -0.15) is 4.98 Å². The first-order valence-corrected chi connectivity index (χ1v) is 9.30. The average Bonchev–Trinajstić information content (AvgIpc) is 3.34. The lowest BCUT2D eigenvalue weighted by atomic mass is 10.2. The van der Waals surface area contributed by atoms with E-state index in [1.807, 2.05) is 66.1 Å². The molecule has 0 aliphatic rings. The number of hydrogen-bond acceptors (Lipinski definition) is 7. The molecule has 0 saturated heterocycles. The number of para-hydroxylation sites is 1. The highest BCUT2D eigenvalue weighted by atomic mass is 32.2. The number of methoxy groups -OCH3 is 1. The number of aromatic nitrogens is 5. The fourth-order valence-electron chi connectivity index (χ4n) is 2.61. The van der Waals surface area contributed by atoms with E-state index in [-0.39, 0.29) is 0 Å². The van der Waals surface area contributed by atoms with Crippen molar-refractivity contribution in [2.24, 2.45) is 0 Å². The van der Waals surface area contributed by atoms with Crippen molar-refractivity contribution in [2.45, 2.75) is 17.8 Å². The fourth-order valence-corrected chi connectivity index (χ4v) is 3.44. The summed E-state index contributed by atoms with van der Waals surface area (Å²) in [4.78, 5) is 4.46. The molecular weight excluding hydrogens is 362 g/mol. The number of rotatable bonds is 6. The zero-order valence-electron chi connectivity index (χ0n) is 14.9. The minimum absolute atomic E-state index is 0.508. The maximum atomic E-state index is 5.38. The Morgan fingerprint density at radius 3 is 2.56 bits per heavy atom. The van der Waals surface area contributed by atoms with Crippen molar-refractivity contribution in [3.63, 3.8) is 0 Å². The van der Waals surface area contributed by atoms with Crippen LogP contribution < -0.4 is 4.74 Å². The normalized spacial score (nSPS) is 10.9. The standard InChI is InChI=1S/C19H17N5O2S/c1-13-21-22-19(24(13)15-6-4-3-5-7-15)27-12-17-20-18(23-26-17)14-8-10-16(25-2)11-9-14/h3-11H,12H2,1-2H3. The second-order valence-corrected chi connectivity index (χ2v) is 6.67. The van der Waals surface area contributed by atoms with Gasteiger partial charge in [-0.1, -0.05) is 35.1 Å². The molecule has 0 N–H and O–H groups in total. The summed E-state index contributed by atoms with van der Waals surface area (Å²) in [5.41, 5.74) is 1.89. The smallest absolute Gasteiger partial charge is 0.237 e. The highest BCUT2D eigenvalue weighted by Crippen LogP contribution is 2.26. The van der Waals surface area contributed by atoms with Crippen molar-refractivity contribution < 1.29 is 9.26 Å². The number of nitrogens with zero attached hydrogens (tertiary/aromatic N) is 5. The van der Waals surface area contributed by atoms with E-state index < -0.39 is 0 Å². The number of ether oxygens (including phenoxy) is 1. The van der Waals surface area contributed by atoms with Crippen molar-refractivity contribution in [2.75, 3.05) is 7.11 Å². The van der Waals surface area contributed by atoms with E-state index in [9.17, 15) is 0 Å². The second kappa shape index (κ2) is 7.63. The molecule has 7 nitrogen and oxygen atoms in total. The average molecular weight is 379 g/mol. The molecule has 136 valence electrons.